The largest absolute Gasteiger partial charge is 0.497 e. The maximum Gasteiger partial charge on any atom is 0.138 e. The third-order valence-electron chi connectivity index (χ3n) is 3.26. The summed E-state index contributed by atoms with van der Waals surface area (Å²) in [6, 6.07) is 15.4. The van der Waals surface area contributed by atoms with Crippen LogP contribution in [0.4, 0.5) is 0 Å². The standard InChI is InChI=1S/C16H14BrNO2/c1-19-13-6-5-10-8-15(20-14(10)9-13)16(18)11-3-2-4-12(17)7-11/h2-9,16H,18H2,1H3. The molecule has 1 heterocycles. The van der Waals surface area contributed by atoms with Crippen LogP contribution in [0.1, 0.15) is 17.4 Å². The van der Waals surface area contributed by atoms with Gasteiger partial charge in [0.15, 0.2) is 0 Å². The Morgan fingerprint density at radius 1 is 1.15 bits per heavy atom. The van der Waals surface area contributed by atoms with E-state index in [1.807, 2.05) is 48.5 Å². The van der Waals surface area contributed by atoms with E-state index in [2.05, 4.69) is 15.9 Å². The van der Waals surface area contributed by atoms with Crippen LogP contribution in [0.5, 0.6) is 5.75 Å². The van der Waals surface area contributed by atoms with Crippen molar-refractivity contribution < 1.29 is 9.15 Å². The van der Waals surface area contributed by atoms with Crippen LogP contribution in [0, 0.1) is 0 Å². The SMILES string of the molecule is COc1ccc2cc(C(N)c3cccc(Br)c3)oc2c1. The zero-order valence-corrected chi connectivity index (χ0v) is 12.6. The van der Waals surface area contributed by atoms with Gasteiger partial charge < -0.3 is 14.9 Å². The number of furan rings is 1. The van der Waals surface area contributed by atoms with Gasteiger partial charge in [0.1, 0.15) is 17.1 Å². The summed E-state index contributed by atoms with van der Waals surface area (Å²) in [5.74, 6) is 1.51. The molecule has 0 bridgehead atoms. The maximum atomic E-state index is 6.27. The predicted molar refractivity (Wildman–Crippen MR) is 82.9 cm³/mol. The summed E-state index contributed by atoms with van der Waals surface area (Å²) in [6.07, 6.45) is 0. The molecule has 2 N–H and O–H groups in total. The third-order valence-corrected chi connectivity index (χ3v) is 3.75. The molecule has 0 aliphatic heterocycles. The van der Waals surface area contributed by atoms with E-state index < -0.39 is 0 Å². The molecule has 3 nitrogen and oxygen atoms in total. The summed E-state index contributed by atoms with van der Waals surface area (Å²) in [7, 11) is 1.64. The molecule has 102 valence electrons. The fourth-order valence-electron chi connectivity index (χ4n) is 2.18. The first kappa shape index (κ1) is 13.2. The fourth-order valence-corrected chi connectivity index (χ4v) is 2.59. The van der Waals surface area contributed by atoms with Crippen LogP contribution in [0.3, 0.4) is 0 Å². The minimum Gasteiger partial charge on any atom is -0.497 e. The topological polar surface area (TPSA) is 48.4 Å². The predicted octanol–water partition coefficient (Wildman–Crippen LogP) is 4.25. The second-order valence-electron chi connectivity index (χ2n) is 4.59. The minimum absolute atomic E-state index is 0.286. The lowest BCUT2D eigenvalue weighted by Gasteiger charge is -2.09. The molecule has 0 aliphatic carbocycles. The molecule has 1 unspecified atom stereocenters. The number of methoxy groups -OCH3 is 1. The highest BCUT2D eigenvalue weighted by molar-refractivity contribution is 9.10. The van der Waals surface area contributed by atoms with Crippen molar-refractivity contribution in [3.05, 3.63) is 64.3 Å². The highest BCUT2D eigenvalue weighted by Crippen LogP contribution is 2.29. The summed E-state index contributed by atoms with van der Waals surface area (Å²) in [5, 5.41) is 1.02. The van der Waals surface area contributed by atoms with E-state index in [9.17, 15) is 0 Å². The second kappa shape index (κ2) is 5.31. The van der Waals surface area contributed by atoms with Crippen LogP contribution in [0.25, 0.3) is 11.0 Å². The van der Waals surface area contributed by atoms with Crippen LogP contribution in [-0.4, -0.2) is 7.11 Å². The van der Waals surface area contributed by atoms with Crippen molar-refractivity contribution in [3.8, 4) is 5.75 Å². The summed E-state index contributed by atoms with van der Waals surface area (Å²) in [5.41, 5.74) is 8.06. The van der Waals surface area contributed by atoms with E-state index in [0.29, 0.717) is 0 Å². The van der Waals surface area contributed by atoms with Crippen molar-refractivity contribution in [2.75, 3.05) is 7.11 Å². The van der Waals surface area contributed by atoms with Gasteiger partial charge in [-0.25, -0.2) is 0 Å². The van der Waals surface area contributed by atoms with Crippen LogP contribution >= 0.6 is 15.9 Å². The molecule has 0 fully saturated rings. The van der Waals surface area contributed by atoms with Crippen molar-refractivity contribution in [3.63, 3.8) is 0 Å². The molecule has 0 aliphatic rings. The van der Waals surface area contributed by atoms with Gasteiger partial charge in [0.05, 0.1) is 13.2 Å². The lowest BCUT2D eigenvalue weighted by Crippen LogP contribution is -2.10. The molecule has 3 aromatic rings. The fraction of sp³-hybridized carbons (Fsp3) is 0.125. The van der Waals surface area contributed by atoms with Crippen molar-refractivity contribution in [2.24, 2.45) is 5.73 Å². The van der Waals surface area contributed by atoms with E-state index in [-0.39, 0.29) is 6.04 Å². The normalized spacial score (nSPS) is 12.6. The molecule has 0 radical (unpaired) electrons. The first-order chi connectivity index (χ1) is 9.67. The van der Waals surface area contributed by atoms with Gasteiger partial charge in [-0.15, -0.1) is 0 Å². The van der Waals surface area contributed by atoms with Crippen LogP contribution < -0.4 is 10.5 Å². The average molecular weight is 332 g/mol. The van der Waals surface area contributed by atoms with Gasteiger partial charge in [0.25, 0.3) is 0 Å². The number of nitrogens with two attached hydrogens (primary N) is 1. The number of hydrogen-bond acceptors (Lipinski definition) is 3. The van der Waals surface area contributed by atoms with Crippen molar-refractivity contribution in [1.82, 2.24) is 0 Å². The smallest absolute Gasteiger partial charge is 0.138 e. The number of ether oxygens (including phenoxy) is 1. The summed E-state index contributed by atoms with van der Waals surface area (Å²) < 4.78 is 12.0. The van der Waals surface area contributed by atoms with E-state index >= 15 is 0 Å². The zero-order chi connectivity index (χ0) is 14.1. The molecule has 3 rings (SSSR count). The highest BCUT2D eigenvalue weighted by atomic mass is 79.9. The molecule has 2 aromatic carbocycles. The average Bonchev–Trinajstić information content (AvgIpc) is 2.89. The summed E-state index contributed by atoms with van der Waals surface area (Å²) in [6.45, 7) is 0. The van der Waals surface area contributed by atoms with E-state index in [0.717, 1.165) is 32.5 Å². The van der Waals surface area contributed by atoms with Crippen molar-refractivity contribution >= 4 is 26.9 Å². The highest BCUT2D eigenvalue weighted by Gasteiger charge is 2.14. The van der Waals surface area contributed by atoms with E-state index in [1.54, 1.807) is 7.11 Å². The minimum atomic E-state index is -0.286. The third kappa shape index (κ3) is 2.44. The first-order valence-corrected chi connectivity index (χ1v) is 7.05. The molecule has 0 amide bonds. The lowest BCUT2D eigenvalue weighted by molar-refractivity contribution is 0.414. The molecular formula is C16H14BrNO2. The number of rotatable bonds is 3. The molecule has 0 saturated heterocycles. The summed E-state index contributed by atoms with van der Waals surface area (Å²) >= 11 is 3.45. The van der Waals surface area contributed by atoms with Gasteiger partial charge in [-0.2, -0.15) is 0 Å². The van der Waals surface area contributed by atoms with Crippen LogP contribution in [0.2, 0.25) is 0 Å². The zero-order valence-electron chi connectivity index (χ0n) is 11.0. The molecule has 1 atom stereocenters. The number of fused-ring (bicyclic) bond motifs is 1. The first-order valence-electron chi connectivity index (χ1n) is 6.26. The Kier molecular flexibility index (Phi) is 3.51. The van der Waals surface area contributed by atoms with Gasteiger partial charge in [-0.1, -0.05) is 28.1 Å². The quantitative estimate of drug-likeness (QED) is 0.780. The Labute approximate surface area is 125 Å². The van der Waals surface area contributed by atoms with Gasteiger partial charge >= 0.3 is 0 Å². The Balaban J connectivity index is 2.01. The molecular weight excluding hydrogens is 318 g/mol. The molecule has 20 heavy (non-hydrogen) atoms. The van der Waals surface area contributed by atoms with Crippen molar-refractivity contribution in [2.45, 2.75) is 6.04 Å². The Bertz CT molecular complexity index is 751. The van der Waals surface area contributed by atoms with Crippen molar-refractivity contribution in [1.29, 1.82) is 0 Å². The van der Waals surface area contributed by atoms with Gasteiger partial charge in [-0.05, 0) is 35.9 Å². The van der Waals surface area contributed by atoms with Crippen LogP contribution in [-0.2, 0) is 0 Å². The molecule has 1 aromatic heterocycles. The number of halogens is 1. The van der Waals surface area contributed by atoms with Gasteiger partial charge in [-0.3, -0.25) is 0 Å². The van der Waals surface area contributed by atoms with E-state index in [4.69, 9.17) is 14.9 Å². The molecule has 4 heteroatoms. The number of hydrogen-bond donors (Lipinski definition) is 1. The molecule has 0 spiro atoms. The molecule has 0 saturated carbocycles. The lowest BCUT2D eigenvalue weighted by atomic mass is 10.1. The Morgan fingerprint density at radius 2 is 2.00 bits per heavy atom. The Morgan fingerprint density at radius 3 is 2.75 bits per heavy atom. The van der Waals surface area contributed by atoms with E-state index in [1.165, 1.54) is 0 Å². The monoisotopic (exact) mass is 331 g/mol. The van der Waals surface area contributed by atoms with Gasteiger partial charge in [0.2, 0.25) is 0 Å². The summed E-state index contributed by atoms with van der Waals surface area (Å²) in [4.78, 5) is 0. The van der Waals surface area contributed by atoms with Gasteiger partial charge in [0, 0.05) is 15.9 Å². The van der Waals surface area contributed by atoms with Crippen LogP contribution in [0.15, 0.2) is 57.4 Å². The maximum absolute atomic E-state index is 6.27. The number of benzene rings is 2. The Hall–Kier alpha value is -1.78. The second-order valence-corrected chi connectivity index (χ2v) is 5.50.